The van der Waals surface area contributed by atoms with Gasteiger partial charge in [-0.05, 0) is 30.4 Å². The fourth-order valence-electron chi connectivity index (χ4n) is 1.07. The summed E-state index contributed by atoms with van der Waals surface area (Å²) in [5, 5.41) is 33.3. The molecule has 272 valence electrons. The smallest absolute Gasteiger partial charge is 0.809 e. The molecule has 0 spiro atoms. The molecule has 0 saturated carbocycles. The first kappa shape index (κ1) is 65.6. The maximum Gasteiger partial charge on any atom is 4.00 e. The largest absolute Gasteiger partial charge is 4.00 e. The van der Waals surface area contributed by atoms with Crippen molar-refractivity contribution in [3.05, 3.63) is 0 Å². The van der Waals surface area contributed by atoms with Crippen molar-refractivity contribution in [2.24, 2.45) is 0 Å². The molecule has 0 radical (unpaired) electrons. The minimum Gasteiger partial charge on any atom is -0.809 e. The Morgan fingerprint density at radius 3 is 0.447 bits per heavy atom. The second-order valence-electron chi connectivity index (χ2n) is 6.43. The summed E-state index contributed by atoms with van der Waals surface area (Å²) in [6.45, 7) is 0. The third-order valence-electron chi connectivity index (χ3n) is 3.28. The van der Waals surface area contributed by atoms with E-state index in [1.54, 1.807) is 0 Å². The van der Waals surface area contributed by atoms with E-state index in [9.17, 15) is 95.2 Å². The predicted octanol–water partition coefficient (Wildman–Crippen LogP) is -10.5. The first-order valence-corrected chi connectivity index (χ1v) is 22.0. The second-order valence-corrected chi connectivity index (χ2v) is 22.1. The molecular formula is C8H20O28P8Zr3. The Labute approximate surface area is 321 Å². The maximum absolute atomic E-state index is 10.3. The van der Waals surface area contributed by atoms with Gasteiger partial charge in [0, 0.05) is 28.4 Å². The standard InChI is InChI=1S/4C2H8O7P2.3Zr/c4*1-9-11(7,8)2(3)10(4,5)6;;;/h4*2-3H,1H3,(H,7,8)(H2,4,5,6);;;/q;;;;3*+4/p-12. The average Bonchev–Trinajstić information content (AvgIpc) is 2.85. The van der Waals surface area contributed by atoms with Crippen LogP contribution in [-0.2, 0) is 133 Å². The number of hydrogen-bond acceptors (Lipinski definition) is 28. The minimum atomic E-state index is -5.54. The van der Waals surface area contributed by atoms with Gasteiger partial charge < -0.3 is 134 Å². The second kappa shape index (κ2) is 25.7. The van der Waals surface area contributed by atoms with Crippen molar-refractivity contribution in [3.8, 4) is 0 Å². The van der Waals surface area contributed by atoms with Crippen LogP contribution >= 0.6 is 60.8 Å². The molecular weight excluding hydrogens is 1070 g/mol. The Kier molecular flexibility index (Phi) is 35.9. The molecule has 0 aliphatic heterocycles. The van der Waals surface area contributed by atoms with E-state index in [1.807, 2.05) is 0 Å². The first-order chi connectivity index (χ1) is 18.9. The quantitative estimate of drug-likeness (QED) is 0.132. The van der Waals surface area contributed by atoms with Crippen LogP contribution in [-0.4, -0.2) is 71.2 Å². The Hall–Kier alpha value is 3.69. The van der Waals surface area contributed by atoms with Crippen LogP contribution in [0.25, 0.3) is 0 Å². The topological polar surface area (TPSA) is 531 Å². The third-order valence-corrected chi connectivity index (χ3v) is 16.6. The molecule has 4 N–H and O–H groups in total. The Balaban J connectivity index is -0.0000000889. The van der Waals surface area contributed by atoms with Gasteiger partial charge in [0.1, 0.15) is 22.3 Å². The van der Waals surface area contributed by atoms with E-state index in [0.717, 1.165) is 0 Å². The summed E-state index contributed by atoms with van der Waals surface area (Å²) in [5.41, 5.74) is -12.0. The predicted molar refractivity (Wildman–Crippen MR) is 113 cm³/mol. The third kappa shape index (κ3) is 27.9. The fraction of sp³-hybridized carbons (Fsp3) is 1.00. The molecule has 28 nitrogen and oxygen atoms in total. The van der Waals surface area contributed by atoms with Crippen molar-refractivity contribution < 1.29 is 212 Å². The summed E-state index contributed by atoms with van der Waals surface area (Å²) in [6, 6.07) is 0. The fourth-order valence-corrected chi connectivity index (χ4v) is 8.50. The maximum atomic E-state index is 10.3. The first-order valence-electron chi connectivity index (χ1n) is 9.11. The van der Waals surface area contributed by atoms with Gasteiger partial charge in [0.05, 0.1) is 0 Å². The van der Waals surface area contributed by atoms with Gasteiger partial charge in [0.25, 0.3) is 0 Å². The molecule has 0 heterocycles. The summed E-state index contributed by atoms with van der Waals surface area (Å²) in [6.07, 6.45) is 0. The molecule has 0 aromatic carbocycles. The van der Waals surface area contributed by atoms with Gasteiger partial charge in [0.15, 0.2) is 30.4 Å². The van der Waals surface area contributed by atoms with Crippen LogP contribution in [0.5, 0.6) is 0 Å². The molecule has 0 fully saturated rings. The van der Waals surface area contributed by atoms with Gasteiger partial charge in [-0.3, -0.25) is 0 Å². The average molecular weight is 1090 g/mol. The van der Waals surface area contributed by atoms with Crippen LogP contribution in [0.15, 0.2) is 0 Å². The minimum absolute atomic E-state index is 0. The van der Waals surface area contributed by atoms with E-state index in [2.05, 4.69) is 18.1 Å². The molecule has 0 saturated heterocycles. The molecule has 8 unspecified atom stereocenters. The van der Waals surface area contributed by atoms with Crippen molar-refractivity contribution in [3.63, 3.8) is 0 Å². The van der Waals surface area contributed by atoms with Gasteiger partial charge in [0.2, 0.25) is 0 Å². The number of aliphatic hydroxyl groups is 4. The summed E-state index contributed by atoms with van der Waals surface area (Å²) < 4.78 is 95.4. The molecule has 0 bridgehead atoms. The Bertz CT molecular complexity index is 1070. The normalized spacial score (nSPS) is 19.5. The zero-order chi connectivity index (χ0) is 37.1. The molecule has 0 aromatic rings. The zero-order valence-corrected chi connectivity index (χ0v) is 37.5. The molecule has 0 rings (SSSR count). The van der Waals surface area contributed by atoms with E-state index in [1.165, 1.54) is 0 Å². The summed E-state index contributed by atoms with van der Waals surface area (Å²) in [4.78, 5) is 121. The van der Waals surface area contributed by atoms with Crippen molar-refractivity contribution in [2.75, 3.05) is 28.4 Å². The van der Waals surface area contributed by atoms with Crippen LogP contribution in [0.3, 0.4) is 0 Å². The molecule has 47 heavy (non-hydrogen) atoms. The molecule has 39 heteroatoms. The van der Waals surface area contributed by atoms with Gasteiger partial charge >= 0.3 is 78.6 Å². The van der Waals surface area contributed by atoms with Crippen LogP contribution in [0.4, 0.5) is 0 Å². The van der Waals surface area contributed by atoms with Crippen molar-refractivity contribution >= 4 is 60.8 Å². The van der Waals surface area contributed by atoms with Crippen LogP contribution in [0.2, 0.25) is 0 Å². The van der Waals surface area contributed by atoms with E-state index in [0.29, 0.717) is 28.4 Å². The molecule has 0 amide bonds. The molecule has 0 aliphatic rings. The van der Waals surface area contributed by atoms with Crippen LogP contribution in [0.1, 0.15) is 0 Å². The SMILES string of the molecule is COP(=O)([O-])C(O)P(=O)([O-])[O-].COP(=O)([O-])C(O)P(=O)([O-])[O-].COP(=O)([O-])C(O)P(=O)([O-])[O-].COP(=O)([O-])C(O)P(=O)([O-])[O-].[Zr+4].[Zr+4].[Zr+4]. The molecule has 0 aliphatic carbocycles. The van der Waals surface area contributed by atoms with Crippen LogP contribution < -0.4 is 58.7 Å². The zero-order valence-electron chi connectivity index (χ0n) is 23.0. The van der Waals surface area contributed by atoms with Crippen molar-refractivity contribution in [2.45, 2.75) is 22.3 Å². The van der Waals surface area contributed by atoms with E-state index >= 15 is 0 Å². The van der Waals surface area contributed by atoms with Gasteiger partial charge in [-0.2, -0.15) is 0 Å². The van der Waals surface area contributed by atoms with E-state index in [-0.39, 0.29) is 78.6 Å². The van der Waals surface area contributed by atoms with Gasteiger partial charge in [-0.15, -0.1) is 0 Å². The van der Waals surface area contributed by atoms with E-state index < -0.39 is 83.1 Å². The molecule has 0 aromatic heterocycles. The summed E-state index contributed by atoms with van der Waals surface area (Å²) in [7, 11) is -39.5. The number of aliphatic hydroxyl groups excluding tert-OH is 4. The number of hydrogen-bond donors (Lipinski definition) is 4. The van der Waals surface area contributed by atoms with Gasteiger partial charge in [-0.25, -0.2) is 0 Å². The van der Waals surface area contributed by atoms with Crippen molar-refractivity contribution in [1.29, 1.82) is 0 Å². The summed E-state index contributed by atoms with van der Waals surface area (Å²) in [5.74, 6) is 0. The summed E-state index contributed by atoms with van der Waals surface area (Å²) >= 11 is 0. The number of rotatable bonds is 12. The monoisotopic (exact) mass is 1080 g/mol. The molecule has 8 atom stereocenters. The van der Waals surface area contributed by atoms with Gasteiger partial charge in [-0.1, -0.05) is 0 Å². The Morgan fingerprint density at radius 1 is 0.340 bits per heavy atom. The van der Waals surface area contributed by atoms with Crippen LogP contribution in [0, 0.1) is 0 Å². The van der Waals surface area contributed by atoms with Crippen molar-refractivity contribution in [1.82, 2.24) is 0 Å². The Morgan fingerprint density at radius 2 is 0.426 bits per heavy atom. The van der Waals surface area contributed by atoms with E-state index in [4.69, 9.17) is 20.4 Å².